The number of rotatable bonds is 3. The molecule has 0 saturated heterocycles. The first-order valence-corrected chi connectivity index (χ1v) is 3.03. The summed E-state index contributed by atoms with van der Waals surface area (Å²) >= 11 is 0. The maximum atomic E-state index is 8.56. The van der Waals surface area contributed by atoms with E-state index in [0.717, 1.165) is 6.42 Å². The maximum absolute atomic E-state index is 8.56. The van der Waals surface area contributed by atoms with Crippen molar-refractivity contribution in [1.29, 1.82) is 0 Å². The predicted octanol–water partition coefficient (Wildman–Crippen LogP) is 0.667. The largest absolute Gasteiger partial charge is 0.381 e. The minimum Gasteiger partial charge on any atom is -0.381 e. The lowest BCUT2D eigenvalue weighted by Gasteiger charge is -2.19. The van der Waals surface area contributed by atoms with Gasteiger partial charge in [-0.3, -0.25) is 4.90 Å². The summed E-state index contributed by atoms with van der Waals surface area (Å²) in [5, 5.41) is 8.56. The summed E-state index contributed by atoms with van der Waals surface area (Å²) in [5.74, 6) is 0. The Morgan fingerprint density at radius 2 is 2.12 bits per heavy atom. The molecule has 0 aliphatic rings. The monoisotopic (exact) mass is 117 g/mol. The Morgan fingerprint density at radius 1 is 1.62 bits per heavy atom. The number of aliphatic hydroxyl groups excluding tert-OH is 1. The maximum Gasteiger partial charge on any atom is 0.0956 e. The van der Waals surface area contributed by atoms with Crippen molar-refractivity contribution in [2.45, 2.75) is 26.3 Å². The molecular formula is C6H15NO. The van der Waals surface area contributed by atoms with Crippen LogP contribution in [0.4, 0.5) is 0 Å². The highest BCUT2D eigenvalue weighted by molar-refractivity contribution is 4.54. The molecule has 2 heteroatoms. The molecule has 0 aliphatic heterocycles. The summed E-state index contributed by atoms with van der Waals surface area (Å²) in [5.41, 5.74) is 0. The van der Waals surface area contributed by atoms with Gasteiger partial charge >= 0.3 is 0 Å². The zero-order valence-corrected chi connectivity index (χ0v) is 5.89. The van der Waals surface area contributed by atoms with E-state index >= 15 is 0 Å². The van der Waals surface area contributed by atoms with Gasteiger partial charge in [-0.2, -0.15) is 0 Å². The van der Waals surface area contributed by atoms with Crippen LogP contribution in [-0.4, -0.2) is 29.8 Å². The van der Waals surface area contributed by atoms with Crippen molar-refractivity contribution < 1.29 is 5.11 Å². The van der Waals surface area contributed by atoms with E-state index in [1.165, 1.54) is 0 Å². The lowest BCUT2D eigenvalue weighted by atomic mass is 10.2. The van der Waals surface area contributed by atoms with Crippen molar-refractivity contribution in [3.63, 3.8) is 0 Å². The molecule has 0 heterocycles. The third kappa shape index (κ3) is 2.28. The minimum absolute atomic E-state index is 0.162. The topological polar surface area (TPSA) is 23.5 Å². The molecule has 0 saturated carbocycles. The van der Waals surface area contributed by atoms with Crippen LogP contribution in [0.3, 0.4) is 0 Å². The van der Waals surface area contributed by atoms with Gasteiger partial charge in [0.15, 0.2) is 0 Å². The quantitative estimate of drug-likeness (QED) is 0.549. The Kier molecular flexibility index (Phi) is 3.83. The first-order valence-electron chi connectivity index (χ1n) is 3.03. The molecule has 1 unspecified atom stereocenters. The van der Waals surface area contributed by atoms with Gasteiger partial charge in [-0.25, -0.2) is 0 Å². The van der Waals surface area contributed by atoms with Crippen LogP contribution in [0, 0.1) is 0 Å². The highest BCUT2D eigenvalue weighted by Gasteiger charge is 2.02. The van der Waals surface area contributed by atoms with Crippen molar-refractivity contribution in [3.05, 3.63) is 0 Å². The van der Waals surface area contributed by atoms with Gasteiger partial charge in [-0.15, -0.1) is 0 Å². The van der Waals surface area contributed by atoms with Gasteiger partial charge in [0.25, 0.3) is 0 Å². The molecule has 0 amide bonds. The summed E-state index contributed by atoms with van der Waals surface area (Å²) in [4.78, 5) is 1.90. The standard InChI is InChI=1S/C6H15NO/c1-4-6(2)7(3)5-8/h6,8H,4-5H2,1-3H3. The van der Waals surface area contributed by atoms with E-state index in [4.69, 9.17) is 5.11 Å². The Hall–Kier alpha value is -0.0800. The molecule has 1 atom stereocenters. The molecule has 0 fully saturated rings. The Bertz CT molecular complexity index is 48.5. The Labute approximate surface area is 51.1 Å². The van der Waals surface area contributed by atoms with E-state index in [1.807, 2.05) is 11.9 Å². The van der Waals surface area contributed by atoms with Crippen LogP contribution in [0.1, 0.15) is 20.3 Å². The van der Waals surface area contributed by atoms with Gasteiger partial charge in [-0.1, -0.05) is 6.92 Å². The van der Waals surface area contributed by atoms with Crippen LogP contribution < -0.4 is 0 Å². The molecule has 0 aromatic carbocycles. The van der Waals surface area contributed by atoms with Gasteiger partial charge in [0, 0.05) is 6.04 Å². The molecule has 0 aromatic rings. The molecule has 0 bridgehead atoms. The average Bonchev–Trinajstić information content (AvgIpc) is 1.84. The van der Waals surface area contributed by atoms with Crippen molar-refractivity contribution in [2.75, 3.05) is 13.8 Å². The van der Waals surface area contributed by atoms with E-state index < -0.39 is 0 Å². The average molecular weight is 117 g/mol. The lowest BCUT2D eigenvalue weighted by molar-refractivity contribution is 0.0983. The van der Waals surface area contributed by atoms with Crippen LogP contribution in [-0.2, 0) is 0 Å². The van der Waals surface area contributed by atoms with Gasteiger partial charge in [0.05, 0.1) is 6.73 Å². The molecular weight excluding hydrogens is 102 g/mol. The van der Waals surface area contributed by atoms with Crippen molar-refractivity contribution >= 4 is 0 Å². The van der Waals surface area contributed by atoms with Crippen LogP contribution in [0.5, 0.6) is 0 Å². The van der Waals surface area contributed by atoms with Crippen molar-refractivity contribution in [1.82, 2.24) is 4.90 Å². The third-order valence-electron chi connectivity index (χ3n) is 1.57. The lowest BCUT2D eigenvalue weighted by Crippen LogP contribution is -2.28. The molecule has 0 spiro atoms. The number of hydrogen-bond acceptors (Lipinski definition) is 2. The summed E-state index contributed by atoms with van der Waals surface area (Å²) in [6.45, 7) is 4.36. The number of nitrogens with zero attached hydrogens (tertiary/aromatic N) is 1. The molecule has 50 valence electrons. The van der Waals surface area contributed by atoms with Gasteiger partial charge in [0.1, 0.15) is 0 Å². The SMILES string of the molecule is CCC(C)N(C)CO. The molecule has 1 N–H and O–H groups in total. The molecule has 8 heavy (non-hydrogen) atoms. The van der Waals surface area contributed by atoms with E-state index in [9.17, 15) is 0 Å². The fourth-order valence-corrected chi connectivity index (χ4v) is 0.451. The second kappa shape index (κ2) is 3.87. The first kappa shape index (κ1) is 7.92. The molecule has 0 radical (unpaired) electrons. The number of hydrogen-bond donors (Lipinski definition) is 1. The molecule has 0 aliphatic carbocycles. The van der Waals surface area contributed by atoms with E-state index in [-0.39, 0.29) is 6.73 Å². The van der Waals surface area contributed by atoms with E-state index in [0.29, 0.717) is 6.04 Å². The normalized spacial score (nSPS) is 14.6. The van der Waals surface area contributed by atoms with Gasteiger partial charge in [0.2, 0.25) is 0 Å². The smallest absolute Gasteiger partial charge is 0.0956 e. The van der Waals surface area contributed by atoms with E-state index in [1.54, 1.807) is 0 Å². The van der Waals surface area contributed by atoms with Crippen molar-refractivity contribution in [2.24, 2.45) is 0 Å². The fourth-order valence-electron chi connectivity index (χ4n) is 0.451. The summed E-state index contributed by atoms with van der Waals surface area (Å²) in [6, 6.07) is 0.500. The second-order valence-corrected chi connectivity index (χ2v) is 2.16. The van der Waals surface area contributed by atoms with Crippen molar-refractivity contribution in [3.8, 4) is 0 Å². The van der Waals surface area contributed by atoms with Crippen LogP contribution in [0.15, 0.2) is 0 Å². The third-order valence-corrected chi connectivity index (χ3v) is 1.57. The highest BCUT2D eigenvalue weighted by Crippen LogP contribution is 1.96. The van der Waals surface area contributed by atoms with E-state index in [2.05, 4.69) is 13.8 Å². The summed E-state index contributed by atoms with van der Waals surface area (Å²) in [6.07, 6.45) is 1.09. The summed E-state index contributed by atoms with van der Waals surface area (Å²) < 4.78 is 0. The minimum atomic E-state index is 0.162. The zero-order chi connectivity index (χ0) is 6.57. The molecule has 0 rings (SSSR count). The van der Waals surface area contributed by atoms with Crippen LogP contribution in [0.25, 0.3) is 0 Å². The molecule has 0 aromatic heterocycles. The van der Waals surface area contributed by atoms with Crippen LogP contribution in [0.2, 0.25) is 0 Å². The first-order chi connectivity index (χ1) is 3.72. The molecule has 2 nitrogen and oxygen atoms in total. The van der Waals surface area contributed by atoms with Gasteiger partial charge < -0.3 is 5.11 Å². The summed E-state index contributed by atoms with van der Waals surface area (Å²) in [7, 11) is 1.91. The zero-order valence-electron chi connectivity index (χ0n) is 5.89. The highest BCUT2D eigenvalue weighted by atomic mass is 16.3. The predicted molar refractivity (Wildman–Crippen MR) is 34.6 cm³/mol. The van der Waals surface area contributed by atoms with Gasteiger partial charge in [-0.05, 0) is 20.4 Å². The Morgan fingerprint density at radius 3 is 2.25 bits per heavy atom. The number of aliphatic hydroxyl groups is 1. The van der Waals surface area contributed by atoms with Crippen LogP contribution >= 0.6 is 0 Å². The second-order valence-electron chi connectivity index (χ2n) is 2.16. The Balaban J connectivity index is 3.29. The fraction of sp³-hybridized carbons (Fsp3) is 1.00.